The highest BCUT2D eigenvalue weighted by Gasteiger charge is 2.31. The lowest BCUT2D eigenvalue weighted by molar-refractivity contribution is -0.154. The van der Waals surface area contributed by atoms with Crippen molar-refractivity contribution in [3.05, 3.63) is 0 Å². The van der Waals surface area contributed by atoms with Crippen LogP contribution < -0.4 is 0 Å². The second-order valence-electron chi connectivity index (χ2n) is 5.78. The van der Waals surface area contributed by atoms with Gasteiger partial charge in [-0.1, -0.05) is 0 Å². The van der Waals surface area contributed by atoms with Gasteiger partial charge in [0, 0.05) is 25.4 Å². The first-order valence-corrected chi connectivity index (χ1v) is 8.42. The molecule has 0 spiro atoms. The lowest BCUT2D eigenvalue weighted by Crippen LogP contribution is -2.39. The van der Waals surface area contributed by atoms with E-state index in [-0.39, 0.29) is 12.2 Å². The summed E-state index contributed by atoms with van der Waals surface area (Å²) in [5.74, 6) is 1.74. The van der Waals surface area contributed by atoms with E-state index < -0.39 is 0 Å². The average Bonchev–Trinajstić information content (AvgIpc) is 3.02. The van der Waals surface area contributed by atoms with Crippen LogP contribution in [-0.4, -0.2) is 55.9 Å². The number of hydrogen-bond donors (Lipinski definition) is 0. The van der Waals surface area contributed by atoms with Crippen LogP contribution in [0.4, 0.5) is 0 Å². The fourth-order valence-corrected chi connectivity index (χ4v) is 4.02. The molecule has 3 aliphatic heterocycles. The molecule has 110 valence electrons. The van der Waals surface area contributed by atoms with E-state index in [1.807, 2.05) is 11.8 Å². The third-order valence-corrected chi connectivity index (χ3v) is 5.18. The van der Waals surface area contributed by atoms with E-state index in [4.69, 9.17) is 18.9 Å². The van der Waals surface area contributed by atoms with Crippen LogP contribution in [0.3, 0.4) is 0 Å². The molecule has 0 bridgehead atoms. The van der Waals surface area contributed by atoms with Crippen molar-refractivity contribution in [1.82, 2.24) is 0 Å². The molecule has 0 N–H and O–H groups in total. The van der Waals surface area contributed by atoms with E-state index >= 15 is 0 Å². The second kappa shape index (κ2) is 6.76. The van der Waals surface area contributed by atoms with Gasteiger partial charge in [-0.25, -0.2) is 0 Å². The van der Waals surface area contributed by atoms with E-state index in [0.29, 0.717) is 17.5 Å². The first kappa shape index (κ1) is 14.1. The topological polar surface area (TPSA) is 36.9 Å². The first-order chi connectivity index (χ1) is 9.29. The SMILES string of the molecule is CC1OC(CC2COCC(CC3CCOC3)O2)CS1. The van der Waals surface area contributed by atoms with Crippen molar-refractivity contribution in [1.29, 1.82) is 0 Å². The molecule has 0 amide bonds. The minimum absolute atomic E-state index is 0.206. The summed E-state index contributed by atoms with van der Waals surface area (Å²) in [6.45, 7) is 5.38. The van der Waals surface area contributed by atoms with Gasteiger partial charge in [-0.05, 0) is 25.7 Å². The number of ether oxygens (including phenoxy) is 4. The monoisotopic (exact) mass is 288 g/mol. The summed E-state index contributed by atoms with van der Waals surface area (Å²) < 4.78 is 23.2. The Kier molecular flexibility index (Phi) is 5.03. The molecule has 5 heteroatoms. The molecule has 0 radical (unpaired) electrons. The van der Waals surface area contributed by atoms with Gasteiger partial charge in [-0.2, -0.15) is 0 Å². The predicted molar refractivity (Wildman–Crippen MR) is 74.4 cm³/mol. The maximum atomic E-state index is 6.18. The van der Waals surface area contributed by atoms with E-state index in [9.17, 15) is 0 Å². The third kappa shape index (κ3) is 4.08. The van der Waals surface area contributed by atoms with Crippen LogP contribution in [0.15, 0.2) is 0 Å². The summed E-state index contributed by atoms with van der Waals surface area (Å²) in [5.41, 5.74) is 0.334. The Hall–Kier alpha value is 0.190. The molecule has 5 atom stereocenters. The number of thioether (sulfide) groups is 1. The molecule has 4 nitrogen and oxygen atoms in total. The van der Waals surface area contributed by atoms with Crippen molar-refractivity contribution < 1.29 is 18.9 Å². The molecule has 0 aromatic heterocycles. The highest BCUT2D eigenvalue weighted by Crippen LogP contribution is 2.29. The molecular formula is C14H24O4S. The summed E-state index contributed by atoms with van der Waals surface area (Å²) in [6, 6.07) is 0. The Morgan fingerprint density at radius 2 is 1.79 bits per heavy atom. The highest BCUT2D eigenvalue weighted by atomic mass is 32.2. The van der Waals surface area contributed by atoms with Gasteiger partial charge in [-0.15, -0.1) is 11.8 Å². The van der Waals surface area contributed by atoms with E-state index in [1.54, 1.807) is 0 Å². The van der Waals surface area contributed by atoms with Crippen LogP contribution in [0.25, 0.3) is 0 Å². The first-order valence-electron chi connectivity index (χ1n) is 7.37. The maximum Gasteiger partial charge on any atom is 0.100 e. The van der Waals surface area contributed by atoms with Gasteiger partial charge in [0.2, 0.25) is 0 Å². The fourth-order valence-electron chi connectivity index (χ4n) is 3.08. The molecule has 3 aliphatic rings. The standard InChI is InChI=1S/C14H24O4S/c1-10-17-14(9-19-10)5-13-8-16-7-12(18-13)4-11-2-3-15-6-11/h10-14H,2-9H2,1H3. The average molecular weight is 288 g/mol. The van der Waals surface area contributed by atoms with Gasteiger partial charge in [-0.3, -0.25) is 0 Å². The van der Waals surface area contributed by atoms with E-state index in [0.717, 1.165) is 45.0 Å². The minimum Gasteiger partial charge on any atom is -0.381 e. The molecule has 3 saturated heterocycles. The molecule has 0 aliphatic carbocycles. The molecule has 3 fully saturated rings. The van der Waals surface area contributed by atoms with Crippen molar-refractivity contribution in [2.24, 2.45) is 5.92 Å². The Bertz CT molecular complexity index is 283. The highest BCUT2D eigenvalue weighted by molar-refractivity contribution is 7.99. The maximum absolute atomic E-state index is 6.18. The summed E-state index contributed by atoms with van der Waals surface area (Å²) in [4.78, 5) is 0. The van der Waals surface area contributed by atoms with Gasteiger partial charge in [0.15, 0.2) is 0 Å². The van der Waals surface area contributed by atoms with Gasteiger partial charge in [0.1, 0.15) is 5.44 Å². The molecular weight excluding hydrogens is 264 g/mol. The summed E-state index contributed by atoms with van der Waals surface area (Å²) in [7, 11) is 0. The zero-order valence-electron chi connectivity index (χ0n) is 11.6. The number of rotatable bonds is 4. The van der Waals surface area contributed by atoms with Crippen molar-refractivity contribution in [2.75, 3.05) is 32.2 Å². The van der Waals surface area contributed by atoms with Gasteiger partial charge >= 0.3 is 0 Å². The quantitative estimate of drug-likeness (QED) is 0.791. The number of hydrogen-bond acceptors (Lipinski definition) is 5. The van der Waals surface area contributed by atoms with Crippen LogP contribution in [0.1, 0.15) is 26.2 Å². The van der Waals surface area contributed by atoms with Crippen molar-refractivity contribution in [3.8, 4) is 0 Å². The summed E-state index contributed by atoms with van der Waals surface area (Å²) in [5, 5.41) is 0. The van der Waals surface area contributed by atoms with Crippen LogP contribution in [0.5, 0.6) is 0 Å². The Morgan fingerprint density at radius 1 is 0.947 bits per heavy atom. The zero-order chi connectivity index (χ0) is 13.1. The minimum atomic E-state index is 0.206. The molecule has 0 aromatic rings. The summed E-state index contributed by atoms with van der Waals surface area (Å²) in [6.07, 6.45) is 4.00. The fraction of sp³-hybridized carbons (Fsp3) is 1.00. The Morgan fingerprint density at radius 3 is 2.47 bits per heavy atom. The van der Waals surface area contributed by atoms with Crippen molar-refractivity contribution in [2.45, 2.75) is 49.9 Å². The zero-order valence-corrected chi connectivity index (χ0v) is 12.4. The lowest BCUT2D eigenvalue weighted by Gasteiger charge is -2.32. The lowest BCUT2D eigenvalue weighted by atomic mass is 10.0. The van der Waals surface area contributed by atoms with E-state index in [1.165, 1.54) is 6.42 Å². The van der Waals surface area contributed by atoms with Crippen LogP contribution in [0.2, 0.25) is 0 Å². The van der Waals surface area contributed by atoms with Gasteiger partial charge < -0.3 is 18.9 Å². The molecule has 5 unspecified atom stereocenters. The normalized spacial score (nSPS) is 43.7. The van der Waals surface area contributed by atoms with Crippen LogP contribution >= 0.6 is 11.8 Å². The molecule has 3 heterocycles. The Balaban J connectivity index is 1.42. The van der Waals surface area contributed by atoms with Gasteiger partial charge in [0.25, 0.3) is 0 Å². The second-order valence-corrected chi connectivity index (χ2v) is 7.11. The summed E-state index contributed by atoms with van der Waals surface area (Å²) >= 11 is 1.89. The molecule has 3 rings (SSSR count). The predicted octanol–water partition coefficient (Wildman–Crippen LogP) is 2.07. The van der Waals surface area contributed by atoms with Crippen LogP contribution in [0, 0.1) is 5.92 Å². The van der Waals surface area contributed by atoms with E-state index in [2.05, 4.69) is 6.92 Å². The molecule has 0 saturated carbocycles. The van der Waals surface area contributed by atoms with Crippen LogP contribution in [-0.2, 0) is 18.9 Å². The Labute approximate surface area is 119 Å². The van der Waals surface area contributed by atoms with Crippen molar-refractivity contribution in [3.63, 3.8) is 0 Å². The largest absolute Gasteiger partial charge is 0.381 e. The third-order valence-electron chi connectivity index (χ3n) is 4.04. The molecule has 19 heavy (non-hydrogen) atoms. The van der Waals surface area contributed by atoms with Gasteiger partial charge in [0.05, 0.1) is 31.5 Å². The molecule has 0 aromatic carbocycles. The van der Waals surface area contributed by atoms with Crippen molar-refractivity contribution >= 4 is 11.8 Å². The smallest absolute Gasteiger partial charge is 0.100 e.